The molecule has 2 fully saturated rings. The number of piperidine rings is 1. The lowest BCUT2D eigenvalue weighted by atomic mass is 9.76. The molecule has 3 aliphatic rings. The van der Waals surface area contributed by atoms with Crippen LogP contribution in [0.25, 0.3) is 0 Å². The lowest BCUT2D eigenvalue weighted by Crippen LogP contribution is -2.51. The highest BCUT2D eigenvalue weighted by molar-refractivity contribution is 6.00. The smallest absolute Gasteiger partial charge is 0.407 e. The maximum absolute atomic E-state index is 12.2. The lowest BCUT2D eigenvalue weighted by molar-refractivity contribution is -0.141. The Kier molecular flexibility index (Phi) is 6.29. The van der Waals surface area contributed by atoms with Gasteiger partial charge in [-0.2, -0.15) is 0 Å². The molecule has 1 saturated heterocycles. The highest BCUT2D eigenvalue weighted by Gasteiger charge is 2.39. The summed E-state index contributed by atoms with van der Waals surface area (Å²) in [5.41, 5.74) is 2.59. The van der Waals surface area contributed by atoms with Gasteiger partial charge in [0.25, 0.3) is 0 Å². The van der Waals surface area contributed by atoms with Crippen molar-refractivity contribution >= 4 is 17.9 Å². The Morgan fingerprint density at radius 3 is 2.81 bits per heavy atom. The monoisotopic (exact) mass is 429 g/mol. The quantitative estimate of drug-likeness (QED) is 0.621. The van der Waals surface area contributed by atoms with Crippen molar-refractivity contribution in [3.8, 4) is 0 Å². The first-order chi connectivity index (χ1) is 14.8. The van der Waals surface area contributed by atoms with Crippen molar-refractivity contribution in [1.82, 2.24) is 15.5 Å². The van der Waals surface area contributed by atoms with E-state index in [9.17, 15) is 19.5 Å². The van der Waals surface area contributed by atoms with Crippen LogP contribution in [-0.2, 0) is 27.4 Å². The number of benzene rings is 1. The Bertz CT molecular complexity index is 865. The summed E-state index contributed by atoms with van der Waals surface area (Å²) in [7, 11) is 0. The summed E-state index contributed by atoms with van der Waals surface area (Å²) >= 11 is 0. The fourth-order valence-corrected chi connectivity index (χ4v) is 4.89. The zero-order chi connectivity index (χ0) is 22.0. The predicted molar refractivity (Wildman–Crippen MR) is 112 cm³/mol. The average Bonchev–Trinajstić information content (AvgIpc) is 3.07. The second-order valence-electron chi connectivity index (χ2n) is 9.35. The van der Waals surface area contributed by atoms with Crippen LogP contribution < -0.4 is 10.6 Å². The molecule has 1 aliphatic carbocycles. The molecule has 0 bridgehead atoms. The van der Waals surface area contributed by atoms with Gasteiger partial charge in [0.15, 0.2) is 0 Å². The van der Waals surface area contributed by atoms with E-state index in [1.165, 1.54) is 19.3 Å². The number of aliphatic hydroxyl groups excluding tert-OH is 1. The van der Waals surface area contributed by atoms with Crippen molar-refractivity contribution in [2.24, 2.45) is 5.41 Å². The molecule has 8 heteroatoms. The molecule has 1 saturated carbocycles. The van der Waals surface area contributed by atoms with E-state index in [0.29, 0.717) is 26.1 Å². The normalized spacial score (nSPS) is 25.6. The predicted octanol–water partition coefficient (Wildman–Crippen LogP) is 2.49. The molecule has 4 rings (SSSR count). The summed E-state index contributed by atoms with van der Waals surface area (Å²) in [5, 5.41) is 15.9. The number of carbonyl (C=O) groups is 3. The molecule has 31 heavy (non-hydrogen) atoms. The molecular weight excluding hydrogens is 398 g/mol. The van der Waals surface area contributed by atoms with E-state index < -0.39 is 18.4 Å². The maximum Gasteiger partial charge on any atom is 0.407 e. The van der Waals surface area contributed by atoms with Gasteiger partial charge < -0.3 is 15.2 Å². The number of rotatable bonds is 5. The topological polar surface area (TPSA) is 108 Å². The highest BCUT2D eigenvalue weighted by Crippen LogP contribution is 2.36. The van der Waals surface area contributed by atoms with Gasteiger partial charge in [-0.1, -0.05) is 38.3 Å². The van der Waals surface area contributed by atoms with Gasteiger partial charge in [0.1, 0.15) is 6.23 Å². The van der Waals surface area contributed by atoms with E-state index in [0.717, 1.165) is 29.5 Å². The van der Waals surface area contributed by atoms with Crippen LogP contribution in [0.15, 0.2) is 18.2 Å². The van der Waals surface area contributed by atoms with Crippen LogP contribution in [-0.4, -0.2) is 40.6 Å². The number of hydrogen-bond donors (Lipinski definition) is 3. The van der Waals surface area contributed by atoms with Gasteiger partial charge in [-0.25, -0.2) is 4.79 Å². The first-order valence-corrected chi connectivity index (χ1v) is 11.1. The minimum absolute atomic E-state index is 0.0761. The Morgan fingerprint density at radius 1 is 1.29 bits per heavy atom. The highest BCUT2D eigenvalue weighted by atomic mass is 16.5. The molecule has 2 atom stereocenters. The lowest BCUT2D eigenvalue weighted by Gasteiger charge is -2.32. The van der Waals surface area contributed by atoms with Crippen LogP contribution >= 0.6 is 0 Å². The van der Waals surface area contributed by atoms with E-state index in [1.54, 1.807) is 4.90 Å². The minimum Gasteiger partial charge on any atom is -0.449 e. The van der Waals surface area contributed by atoms with Gasteiger partial charge in [0.2, 0.25) is 11.8 Å². The fraction of sp³-hybridized carbons (Fsp3) is 0.609. The number of fused-ring (bicyclic) bond motifs is 1. The van der Waals surface area contributed by atoms with Crippen molar-refractivity contribution in [3.63, 3.8) is 0 Å². The van der Waals surface area contributed by atoms with Crippen molar-refractivity contribution < 1.29 is 24.2 Å². The zero-order valence-electron chi connectivity index (χ0n) is 18.0. The molecule has 8 nitrogen and oxygen atoms in total. The number of nitrogens with one attached hydrogen (secondary N) is 2. The van der Waals surface area contributed by atoms with Crippen LogP contribution in [0.1, 0.15) is 74.8 Å². The molecule has 2 heterocycles. The maximum atomic E-state index is 12.2. The van der Waals surface area contributed by atoms with Gasteiger partial charge >= 0.3 is 6.09 Å². The SMILES string of the molecule is CC1(COC(=O)NCc2ccc3c(c2)C(O)N(C2CCC(=O)NC2=O)C3)CCCCC1. The van der Waals surface area contributed by atoms with Crippen molar-refractivity contribution in [3.05, 3.63) is 34.9 Å². The average molecular weight is 430 g/mol. The number of aliphatic hydroxyl groups is 1. The second-order valence-corrected chi connectivity index (χ2v) is 9.35. The number of carbonyl (C=O) groups excluding carboxylic acids is 3. The van der Waals surface area contributed by atoms with Crippen LogP contribution in [0.2, 0.25) is 0 Å². The summed E-state index contributed by atoms with van der Waals surface area (Å²) in [4.78, 5) is 37.5. The molecule has 3 amide bonds. The number of alkyl carbamates (subject to hydrolysis) is 1. The van der Waals surface area contributed by atoms with Crippen LogP contribution in [0.3, 0.4) is 0 Å². The van der Waals surface area contributed by atoms with Crippen LogP contribution in [0.4, 0.5) is 4.79 Å². The largest absolute Gasteiger partial charge is 0.449 e. The summed E-state index contributed by atoms with van der Waals surface area (Å²) in [5.74, 6) is -0.635. The van der Waals surface area contributed by atoms with Gasteiger partial charge in [-0.15, -0.1) is 0 Å². The second kappa shape index (κ2) is 8.96. The molecule has 1 aromatic rings. The third-order valence-corrected chi connectivity index (χ3v) is 6.82. The number of imide groups is 1. The zero-order valence-corrected chi connectivity index (χ0v) is 18.0. The van der Waals surface area contributed by atoms with Gasteiger partial charge in [-0.05, 0) is 36.5 Å². The minimum atomic E-state index is -0.919. The standard InChI is InChI=1S/C23H31N3O5/c1-23(9-3-2-4-10-23)14-31-22(30)24-12-15-5-6-16-13-26(21(29)17(16)11-15)18-7-8-19(27)25-20(18)28/h5-6,11,18,21,29H,2-4,7-10,12-14H2,1H3,(H,24,30)(H,25,27,28). The first kappa shape index (κ1) is 21.8. The molecule has 3 N–H and O–H groups in total. The summed E-state index contributed by atoms with van der Waals surface area (Å²) < 4.78 is 5.46. The number of amides is 3. The van der Waals surface area contributed by atoms with E-state index in [-0.39, 0.29) is 23.7 Å². The molecule has 0 radical (unpaired) electrons. The Morgan fingerprint density at radius 2 is 2.06 bits per heavy atom. The van der Waals surface area contributed by atoms with Crippen LogP contribution in [0.5, 0.6) is 0 Å². The summed E-state index contributed by atoms with van der Waals surface area (Å²) in [6.45, 7) is 3.35. The van der Waals surface area contributed by atoms with Gasteiger partial charge in [0.05, 0.1) is 12.6 Å². The molecule has 0 spiro atoms. The van der Waals surface area contributed by atoms with Gasteiger partial charge in [0, 0.05) is 30.5 Å². The first-order valence-electron chi connectivity index (χ1n) is 11.1. The van der Waals surface area contributed by atoms with Crippen LogP contribution in [0, 0.1) is 5.41 Å². The van der Waals surface area contributed by atoms with E-state index >= 15 is 0 Å². The Hall–Kier alpha value is -2.45. The number of nitrogens with zero attached hydrogens (tertiary/aromatic N) is 1. The Labute approximate surface area is 182 Å². The van der Waals surface area contributed by atoms with Crippen molar-refractivity contribution in [1.29, 1.82) is 0 Å². The van der Waals surface area contributed by atoms with E-state index in [1.807, 2.05) is 18.2 Å². The third-order valence-electron chi connectivity index (χ3n) is 6.82. The van der Waals surface area contributed by atoms with Crippen molar-refractivity contribution in [2.45, 2.75) is 77.2 Å². The molecule has 0 aromatic heterocycles. The summed E-state index contributed by atoms with van der Waals surface area (Å²) in [6.07, 6.45) is 5.13. The third kappa shape index (κ3) is 4.91. The molecule has 1 aromatic carbocycles. The molecule has 2 aliphatic heterocycles. The summed E-state index contributed by atoms with van der Waals surface area (Å²) in [6, 6.07) is 5.14. The molecule has 168 valence electrons. The Balaban J connectivity index is 1.31. The van der Waals surface area contributed by atoms with Crippen molar-refractivity contribution in [2.75, 3.05) is 6.61 Å². The molecule has 2 unspecified atom stereocenters. The number of ether oxygens (including phenoxy) is 1. The number of hydrogen-bond acceptors (Lipinski definition) is 6. The van der Waals surface area contributed by atoms with E-state index in [4.69, 9.17) is 4.74 Å². The van der Waals surface area contributed by atoms with E-state index in [2.05, 4.69) is 17.6 Å². The van der Waals surface area contributed by atoms with Gasteiger partial charge in [-0.3, -0.25) is 19.8 Å². The molecular formula is C23H31N3O5. The fourth-order valence-electron chi connectivity index (χ4n) is 4.89.